The maximum atomic E-state index is 12.9. The van der Waals surface area contributed by atoms with E-state index in [1.54, 1.807) is 24.3 Å². The predicted molar refractivity (Wildman–Crippen MR) is 113 cm³/mol. The van der Waals surface area contributed by atoms with Gasteiger partial charge < -0.3 is 18.9 Å². The van der Waals surface area contributed by atoms with Gasteiger partial charge in [0, 0.05) is 32.0 Å². The molecule has 4 aliphatic rings. The summed E-state index contributed by atoms with van der Waals surface area (Å²) in [7, 11) is 0. The molecule has 7 heteroatoms. The third-order valence-corrected chi connectivity index (χ3v) is 6.78. The number of hydrogen-bond donors (Lipinski definition) is 0. The summed E-state index contributed by atoms with van der Waals surface area (Å²) in [6.45, 7) is 3.30. The van der Waals surface area contributed by atoms with Crippen molar-refractivity contribution in [1.29, 1.82) is 0 Å². The van der Waals surface area contributed by atoms with Gasteiger partial charge in [-0.3, -0.25) is 9.69 Å². The van der Waals surface area contributed by atoms with Crippen LogP contribution in [0.4, 0.5) is 0 Å². The zero-order chi connectivity index (χ0) is 21.8. The fourth-order valence-corrected chi connectivity index (χ4v) is 5.51. The lowest BCUT2D eigenvalue weighted by Gasteiger charge is -2.46. The lowest BCUT2D eigenvalue weighted by molar-refractivity contribution is -0.154. The molecule has 0 amide bonds. The van der Waals surface area contributed by atoms with E-state index < -0.39 is 24.1 Å². The molecule has 1 aliphatic carbocycles. The van der Waals surface area contributed by atoms with E-state index in [1.807, 2.05) is 24.3 Å². The summed E-state index contributed by atoms with van der Waals surface area (Å²) in [4.78, 5) is 27.4. The Hall–Kier alpha value is -3.32. The zero-order valence-corrected chi connectivity index (χ0v) is 17.7. The third kappa shape index (κ3) is 3.07. The molecule has 4 atom stereocenters. The van der Waals surface area contributed by atoms with Gasteiger partial charge in [0.2, 0.25) is 6.79 Å². The number of carbonyl (C=O) groups is 2. The summed E-state index contributed by atoms with van der Waals surface area (Å²) in [6, 6.07) is 13.0. The van der Waals surface area contributed by atoms with E-state index in [2.05, 4.69) is 4.90 Å². The molecule has 2 aromatic rings. The van der Waals surface area contributed by atoms with Gasteiger partial charge in [-0.25, -0.2) is 4.79 Å². The maximum absolute atomic E-state index is 12.9. The number of fused-ring (bicyclic) bond motifs is 3. The van der Waals surface area contributed by atoms with E-state index in [1.165, 1.54) is 12.5 Å². The van der Waals surface area contributed by atoms with Crippen LogP contribution in [0.1, 0.15) is 40.7 Å². The van der Waals surface area contributed by atoms with E-state index in [0.717, 1.165) is 36.4 Å². The number of rotatable bonds is 3. The molecule has 7 nitrogen and oxygen atoms in total. The van der Waals surface area contributed by atoms with Crippen LogP contribution in [0.2, 0.25) is 0 Å². The quantitative estimate of drug-likeness (QED) is 0.544. The number of carbonyl (C=O) groups excluding carboxylic acids is 2. The minimum absolute atomic E-state index is 0.110. The molecule has 0 radical (unpaired) electrons. The van der Waals surface area contributed by atoms with Gasteiger partial charge in [-0.1, -0.05) is 23.8 Å². The second-order valence-corrected chi connectivity index (χ2v) is 8.65. The SMILES string of the molecule is CC(=O)O[C@@H]1[C@@H](OC(=O)c2ccccc2)C=C2CCN3Cc4cc5c(cc4[C@H]1C23)OCO5. The van der Waals surface area contributed by atoms with Crippen LogP contribution < -0.4 is 9.47 Å². The van der Waals surface area contributed by atoms with Crippen molar-refractivity contribution in [2.45, 2.75) is 44.1 Å². The van der Waals surface area contributed by atoms with Crippen LogP contribution in [0.25, 0.3) is 0 Å². The molecule has 0 bridgehead atoms. The lowest BCUT2D eigenvalue weighted by atomic mass is 9.73. The van der Waals surface area contributed by atoms with Crippen LogP contribution in [0, 0.1) is 0 Å². The van der Waals surface area contributed by atoms with E-state index in [4.69, 9.17) is 18.9 Å². The number of benzene rings is 2. The maximum Gasteiger partial charge on any atom is 0.338 e. The summed E-state index contributed by atoms with van der Waals surface area (Å²) in [5.74, 6) is 0.452. The van der Waals surface area contributed by atoms with Crippen LogP contribution in [0.3, 0.4) is 0 Å². The molecule has 6 rings (SSSR count). The second-order valence-electron chi connectivity index (χ2n) is 8.65. The van der Waals surface area contributed by atoms with Gasteiger partial charge in [0.1, 0.15) is 0 Å². The van der Waals surface area contributed by atoms with Gasteiger partial charge in [0.15, 0.2) is 23.7 Å². The monoisotopic (exact) mass is 433 g/mol. The molecule has 2 aromatic carbocycles. The predicted octanol–water partition coefficient (Wildman–Crippen LogP) is 3.18. The van der Waals surface area contributed by atoms with E-state index in [-0.39, 0.29) is 18.8 Å². The molecule has 3 aliphatic heterocycles. The summed E-state index contributed by atoms with van der Waals surface area (Å²) < 4.78 is 23.0. The first kappa shape index (κ1) is 19.4. The van der Waals surface area contributed by atoms with Crippen LogP contribution in [-0.4, -0.2) is 48.4 Å². The van der Waals surface area contributed by atoms with Gasteiger partial charge in [-0.2, -0.15) is 0 Å². The average Bonchev–Trinajstić information content (AvgIpc) is 3.41. The molecule has 32 heavy (non-hydrogen) atoms. The van der Waals surface area contributed by atoms with Crippen molar-refractivity contribution in [3.8, 4) is 11.5 Å². The molecular formula is C25H23NO6. The van der Waals surface area contributed by atoms with Crippen molar-refractivity contribution < 1.29 is 28.5 Å². The topological polar surface area (TPSA) is 74.3 Å². The Morgan fingerprint density at radius 1 is 1.06 bits per heavy atom. The van der Waals surface area contributed by atoms with Crippen molar-refractivity contribution in [3.63, 3.8) is 0 Å². The smallest absolute Gasteiger partial charge is 0.338 e. The van der Waals surface area contributed by atoms with Crippen molar-refractivity contribution in [3.05, 3.63) is 70.8 Å². The lowest BCUT2D eigenvalue weighted by Crippen LogP contribution is -2.52. The Morgan fingerprint density at radius 3 is 2.62 bits per heavy atom. The molecule has 0 N–H and O–H groups in total. The third-order valence-electron chi connectivity index (χ3n) is 6.78. The van der Waals surface area contributed by atoms with Crippen LogP contribution >= 0.6 is 0 Å². The van der Waals surface area contributed by atoms with Crippen LogP contribution in [-0.2, 0) is 20.8 Å². The second kappa shape index (κ2) is 7.38. The Labute approximate surface area is 185 Å². The summed E-state index contributed by atoms with van der Waals surface area (Å²) in [5, 5.41) is 0. The molecular weight excluding hydrogens is 410 g/mol. The highest BCUT2D eigenvalue weighted by molar-refractivity contribution is 5.89. The molecule has 3 heterocycles. The molecule has 0 spiro atoms. The standard InChI is InChI=1S/C25H23NO6/c1-14(27)31-24-21(32-25(28)15-5-3-2-4-6-15)9-16-7-8-26-12-17-10-19-20(30-13-29-19)11-18(17)22(24)23(16)26/h2-6,9-11,21-24H,7-8,12-13H2,1H3/t21-,22-,23?,24+/m0/s1. The number of esters is 2. The molecule has 1 unspecified atom stereocenters. The first-order chi connectivity index (χ1) is 15.6. The average molecular weight is 433 g/mol. The van der Waals surface area contributed by atoms with E-state index in [9.17, 15) is 9.59 Å². The Kier molecular flexibility index (Phi) is 4.47. The van der Waals surface area contributed by atoms with E-state index in [0.29, 0.717) is 11.3 Å². The normalized spacial score (nSPS) is 27.2. The van der Waals surface area contributed by atoms with E-state index >= 15 is 0 Å². The molecule has 1 saturated heterocycles. The number of ether oxygens (including phenoxy) is 4. The largest absolute Gasteiger partial charge is 0.458 e. The van der Waals surface area contributed by atoms with Crippen LogP contribution in [0.5, 0.6) is 11.5 Å². The van der Waals surface area contributed by atoms with Crippen molar-refractivity contribution >= 4 is 11.9 Å². The summed E-state index contributed by atoms with van der Waals surface area (Å²) in [6.07, 6.45) is 1.59. The highest BCUT2D eigenvalue weighted by Gasteiger charge is 2.52. The van der Waals surface area contributed by atoms with Gasteiger partial charge >= 0.3 is 11.9 Å². The Balaban J connectivity index is 1.42. The minimum Gasteiger partial charge on any atom is -0.458 e. The first-order valence-electron chi connectivity index (χ1n) is 10.9. The van der Waals surface area contributed by atoms with Crippen molar-refractivity contribution in [1.82, 2.24) is 4.90 Å². The molecule has 164 valence electrons. The first-order valence-corrected chi connectivity index (χ1v) is 10.9. The van der Waals surface area contributed by atoms with Gasteiger partial charge in [0.05, 0.1) is 5.56 Å². The zero-order valence-electron chi connectivity index (χ0n) is 17.7. The molecule has 0 aromatic heterocycles. The highest BCUT2D eigenvalue weighted by atomic mass is 16.7. The fourth-order valence-electron chi connectivity index (χ4n) is 5.51. The van der Waals surface area contributed by atoms with Crippen molar-refractivity contribution in [2.75, 3.05) is 13.3 Å². The minimum atomic E-state index is -0.667. The fraction of sp³-hybridized carbons (Fsp3) is 0.360. The molecule has 1 fully saturated rings. The van der Waals surface area contributed by atoms with Gasteiger partial charge in [-0.15, -0.1) is 0 Å². The van der Waals surface area contributed by atoms with Gasteiger partial charge in [-0.05, 0) is 47.9 Å². The Bertz CT molecular complexity index is 1130. The van der Waals surface area contributed by atoms with Crippen molar-refractivity contribution in [2.24, 2.45) is 0 Å². The number of hydrogen-bond acceptors (Lipinski definition) is 7. The highest BCUT2D eigenvalue weighted by Crippen LogP contribution is 2.50. The summed E-state index contributed by atoms with van der Waals surface area (Å²) in [5.41, 5.74) is 3.89. The summed E-state index contributed by atoms with van der Waals surface area (Å²) >= 11 is 0. The van der Waals surface area contributed by atoms with Gasteiger partial charge in [0.25, 0.3) is 0 Å². The van der Waals surface area contributed by atoms with Crippen LogP contribution in [0.15, 0.2) is 54.1 Å². The Morgan fingerprint density at radius 2 is 1.84 bits per heavy atom. The number of nitrogens with zero attached hydrogens (tertiary/aromatic N) is 1. The molecule has 0 saturated carbocycles.